The Labute approximate surface area is 108 Å². The van der Waals surface area contributed by atoms with E-state index in [0.29, 0.717) is 5.75 Å². The van der Waals surface area contributed by atoms with Gasteiger partial charge in [0.05, 0.1) is 0 Å². The molecule has 0 heterocycles. The number of ether oxygens (including phenoxy) is 1. The SMILES string of the molecule is Cc1cccc(OCC(=O)NC(C)C(C)CO)c1. The molecule has 100 valence electrons. The van der Waals surface area contributed by atoms with Crippen molar-refractivity contribution >= 4 is 5.91 Å². The summed E-state index contributed by atoms with van der Waals surface area (Å²) in [7, 11) is 0. The fourth-order valence-electron chi connectivity index (χ4n) is 1.45. The van der Waals surface area contributed by atoms with Gasteiger partial charge in [-0.25, -0.2) is 0 Å². The standard InChI is InChI=1S/C14H21NO3/c1-10-5-4-6-13(7-10)18-9-14(17)15-12(3)11(2)8-16/h4-7,11-12,16H,8-9H2,1-3H3,(H,15,17). The third kappa shape index (κ3) is 4.75. The van der Waals surface area contributed by atoms with Gasteiger partial charge in [0.15, 0.2) is 6.61 Å². The van der Waals surface area contributed by atoms with Crippen LogP contribution >= 0.6 is 0 Å². The van der Waals surface area contributed by atoms with Crippen LogP contribution in [-0.2, 0) is 4.79 Å². The van der Waals surface area contributed by atoms with Gasteiger partial charge in [-0.05, 0) is 37.5 Å². The molecule has 0 saturated carbocycles. The Hall–Kier alpha value is -1.55. The number of nitrogens with one attached hydrogen (secondary N) is 1. The van der Waals surface area contributed by atoms with Gasteiger partial charge in [-0.3, -0.25) is 4.79 Å². The van der Waals surface area contributed by atoms with Gasteiger partial charge in [-0.1, -0.05) is 19.1 Å². The van der Waals surface area contributed by atoms with E-state index in [1.165, 1.54) is 0 Å². The lowest BCUT2D eigenvalue weighted by Crippen LogP contribution is -2.40. The lowest BCUT2D eigenvalue weighted by atomic mass is 10.1. The summed E-state index contributed by atoms with van der Waals surface area (Å²) in [4.78, 5) is 11.6. The second-order valence-corrected chi connectivity index (χ2v) is 4.62. The van der Waals surface area contributed by atoms with Crippen LogP contribution in [0, 0.1) is 12.8 Å². The molecular weight excluding hydrogens is 230 g/mol. The topological polar surface area (TPSA) is 58.6 Å². The Morgan fingerprint density at radius 3 is 2.78 bits per heavy atom. The smallest absolute Gasteiger partial charge is 0.258 e. The maximum atomic E-state index is 11.6. The molecule has 0 radical (unpaired) electrons. The molecule has 4 nitrogen and oxygen atoms in total. The predicted molar refractivity (Wildman–Crippen MR) is 70.5 cm³/mol. The third-order valence-electron chi connectivity index (χ3n) is 2.89. The molecule has 2 N–H and O–H groups in total. The fraction of sp³-hybridized carbons (Fsp3) is 0.500. The van der Waals surface area contributed by atoms with E-state index in [1.54, 1.807) is 0 Å². The zero-order chi connectivity index (χ0) is 13.5. The van der Waals surface area contributed by atoms with Gasteiger partial charge < -0.3 is 15.2 Å². The van der Waals surface area contributed by atoms with Crippen LogP contribution in [0.4, 0.5) is 0 Å². The van der Waals surface area contributed by atoms with Crippen molar-refractivity contribution in [1.82, 2.24) is 5.32 Å². The summed E-state index contributed by atoms with van der Waals surface area (Å²) in [5.41, 5.74) is 1.09. The minimum absolute atomic E-state index is 0.00799. The molecule has 0 aromatic heterocycles. The molecule has 1 aromatic carbocycles. The van der Waals surface area contributed by atoms with Crippen molar-refractivity contribution in [2.24, 2.45) is 5.92 Å². The molecule has 1 rings (SSSR count). The predicted octanol–water partition coefficient (Wildman–Crippen LogP) is 1.51. The Morgan fingerprint density at radius 1 is 1.44 bits per heavy atom. The van der Waals surface area contributed by atoms with Crippen LogP contribution in [0.15, 0.2) is 24.3 Å². The summed E-state index contributed by atoms with van der Waals surface area (Å²) in [5, 5.41) is 11.8. The molecule has 1 aromatic rings. The quantitative estimate of drug-likeness (QED) is 0.805. The first-order valence-corrected chi connectivity index (χ1v) is 6.12. The molecular formula is C14H21NO3. The van der Waals surface area contributed by atoms with E-state index in [4.69, 9.17) is 9.84 Å². The van der Waals surface area contributed by atoms with Gasteiger partial charge in [0.1, 0.15) is 5.75 Å². The highest BCUT2D eigenvalue weighted by molar-refractivity contribution is 5.77. The van der Waals surface area contributed by atoms with E-state index >= 15 is 0 Å². The van der Waals surface area contributed by atoms with E-state index in [-0.39, 0.29) is 31.1 Å². The normalized spacial score (nSPS) is 13.8. The van der Waals surface area contributed by atoms with Crippen LogP contribution in [-0.4, -0.2) is 30.3 Å². The van der Waals surface area contributed by atoms with Crippen molar-refractivity contribution in [3.63, 3.8) is 0 Å². The van der Waals surface area contributed by atoms with E-state index < -0.39 is 0 Å². The Bertz CT molecular complexity index is 392. The Morgan fingerprint density at radius 2 is 2.17 bits per heavy atom. The summed E-state index contributed by atoms with van der Waals surface area (Å²) >= 11 is 0. The number of amides is 1. The van der Waals surface area contributed by atoms with Gasteiger partial charge in [0.25, 0.3) is 5.91 Å². The van der Waals surface area contributed by atoms with Crippen LogP contribution in [0.2, 0.25) is 0 Å². The number of carbonyl (C=O) groups excluding carboxylic acids is 1. The van der Waals surface area contributed by atoms with Crippen molar-refractivity contribution < 1.29 is 14.6 Å². The first-order valence-electron chi connectivity index (χ1n) is 6.12. The van der Waals surface area contributed by atoms with Crippen LogP contribution in [0.5, 0.6) is 5.75 Å². The maximum absolute atomic E-state index is 11.6. The minimum atomic E-state index is -0.177. The van der Waals surface area contributed by atoms with Crippen LogP contribution in [0.25, 0.3) is 0 Å². The number of benzene rings is 1. The second kappa shape index (κ2) is 7.01. The summed E-state index contributed by atoms with van der Waals surface area (Å²) in [6.45, 7) is 5.77. The lowest BCUT2D eigenvalue weighted by molar-refractivity contribution is -0.124. The van der Waals surface area contributed by atoms with Gasteiger partial charge in [0, 0.05) is 12.6 Å². The van der Waals surface area contributed by atoms with Gasteiger partial charge >= 0.3 is 0 Å². The van der Waals surface area contributed by atoms with Gasteiger partial charge in [-0.2, -0.15) is 0 Å². The molecule has 0 aliphatic carbocycles. The summed E-state index contributed by atoms with van der Waals surface area (Å²) in [6, 6.07) is 7.49. The molecule has 1 amide bonds. The highest BCUT2D eigenvalue weighted by Crippen LogP contribution is 2.12. The number of aryl methyl sites for hydroxylation is 1. The lowest BCUT2D eigenvalue weighted by Gasteiger charge is -2.19. The molecule has 0 spiro atoms. The van der Waals surface area contributed by atoms with Crippen molar-refractivity contribution in [1.29, 1.82) is 0 Å². The van der Waals surface area contributed by atoms with E-state index in [0.717, 1.165) is 5.56 Å². The molecule has 0 aliphatic rings. The van der Waals surface area contributed by atoms with E-state index in [2.05, 4.69) is 5.32 Å². The molecule has 0 saturated heterocycles. The van der Waals surface area contributed by atoms with Crippen LogP contribution < -0.4 is 10.1 Å². The number of rotatable bonds is 6. The van der Waals surface area contributed by atoms with Crippen molar-refractivity contribution in [3.05, 3.63) is 29.8 Å². The molecule has 18 heavy (non-hydrogen) atoms. The Kier molecular flexibility index (Phi) is 5.65. The maximum Gasteiger partial charge on any atom is 0.258 e. The first-order chi connectivity index (χ1) is 8.52. The molecule has 0 aliphatic heterocycles. The molecule has 0 bridgehead atoms. The summed E-state index contributed by atoms with van der Waals surface area (Å²) in [5.74, 6) is 0.547. The number of hydrogen-bond acceptors (Lipinski definition) is 3. The molecule has 0 fully saturated rings. The first kappa shape index (κ1) is 14.5. The monoisotopic (exact) mass is 251 g/mol. The highest BCUT2D eigenvalue weighted by Gasteiger charge is 2.13. The zero-order valence-electron chi connectivity index (χ0n) is 11.1. The Balaban J connectivity index is 2.37. The third-order valence-corrected chi connectivity index (χ3v) is 2.89. The number of aliphatic hydroxyl groups excluding tert-OH is 1. The second-order valence-electron chi connectivity index (χ2n) is 4.62. The van der Waals surface area contributed by atoms with Crippen molar-refractivity contribution in [3.8, 4) is 5.75 Å². The zero-order valence-corrected chi connectivity index (χ0v) is 11.1. The number of carbonyl (C=O) groups is 1. The molecule has 2 atom stereocenters. The fourth-order valence-corrected chi connectivity index (χ4v) is 1.45. The molecule has 4 heteroatoms. The van der Waals surface area contributed by atoms with Gasteiger partial charge in [-0.15, -0.1) is 0 Å². The number of aliphatic hydroxyl groups is 1. The van der Waals surface area contributed by atoms with Gasteiger partial charge in [0.2, 0.25) is 0 Å². The summed E-state index contributed by atoms with van der Waals surface area (Å²) < 4.78 is 5.39. The van der Waals surface area contributed by atoms with E-state index in [9.17, 15) is 4.79 Å². The summed E-state index contributed by atoms with van der Waals surface area (Å²) in [6.07, 6.45) is 0. The van der Waals surface area contributed by atoms with Crippen LogP contribution in [0.1, 0.15) is 19.4 Å². The van der Waals surface area contributed by atoms with Crippen molar-refractivity contribution in [2.75, 3.05) is 13.2 Å². The average Bonchev–Trinajstić information content (AvgIpc) is 2.35. The van der Waals surface area contributed by atoms with Crippen LogP contribution in [0.3, 0.4) is 0 Å². The molecule has 2 unspecified atom stereocenters. The van der Waals surface area contributed by atoms with Crippen molar-refractivity contribution in [2.45, 2.75) is 26.8 Å². The number of hydrogen-bond donors (Lipinski definition) is 2. The highest BCUT2D eigenvalue weighted by atomic mass is 16.5. The minimum Gasteiger partial charge on any atom is -0.484 e. The average molecular weight is 251 g/mol. The van der Waals surface area contributed by atoms with E-state index in [1.807, 2.05) is 45.0 Å². The largest absolute Gasteiger partial charge is 0.484 e.